The average Bonchev–Trinajstić information content (AvgIpc) is 2.98. The number of carbonyl (C=O) groups is 2. The third-order valence-electron chi connectivity index (χ3n) is 3.15. The summed E-state index contributed by atoms with van der Waals surface area (Å²) in [4.78, 5) is 25.1. The number of nitrogens with zero attached hydrogens (tertiary/aromatic N) is 1. The summed E-state index contributed by atoms with van der Waals surface area (Å²) >= 11 is 3.15. The summed E-state index contributed by atoms with van der Waals surface area (Å²) < 4.78 is 18.6. The Kier molecular flexibility index (Phi) is 5.55. The first-order valence-corrected chi connectivity index (χ1v) is 7.48. The molecule has 1 aliphatic heterocycles. The number of likely N-dealkylation sites (tertiary alicyclic amines) is 1. The second-order valence-corrected chi connectivity index (χ2v) is 5.58. The first-order chi connectivity index (χ1) is 10.1. The lowest BCUT2D eigenvalue weighted by Crippen LogP contribution is -2.40. The fraction of sp³-hybridized carbons (Fsp3) is 0.429. The van der Waals surface area contributed by atoms with Crippen molar-refractivity contribution >= 4 is 27.7 Å². The highest BCUT2D eigenvalue weighted by molar-refractivity contribution is 9.10. The zero-order valence-corrected chi connectivity index (χ0v) is 13.0. The van der Waals surface area contributed by atoms with E-state index in [0.717, 1.165) is 25.9 Å². The molecule has 1 aromatic rings. The molecule has 0 aromatic heterocycles. The van der Waals surface area contributed by atoms with Crippen LogP contribution in [-0.2, 0) is 9.59 Å². The predicted molar refractivity (Wildman–Crippen MR) is 78.4 cm³/mol. The van der Waals surface area contributed by atoms with Crippen LogP contribution in [0.1, 0.15) is 12.8 Å². The third-order valence-corrected chi connectivity index (χ3v) is 3.77. The van der Waals surface area contributed by atoms with Crippen LogP contribution in [0, 0.1) is 5.82 Å². The Balaban J connectivity index is 1.73. The number of ether oxygens (including phenoxy) is 1. The number of halogens is 2. The molecule has 1 N–H and O–H groups in total. The fourth-order valence-electron chi connectivity index (χ4n) is 2.04. The van der Waals surface area contributed by atoms with Crippen LogP contribution in [0.15, 0.2) is 22.7 Å². The van der Waals surface area contributed by atoms with Crippen molar-refractivity contribution in [2.75, 3.05) is 26.2 Å². The van der Waals surface area contributed by atoms with Crippen LogP contribution >= 0.6 is 15.9 Å². The number of hydrogen-bond acceptors (Lipinski definition) is 3. The van der Waals surface area contributed by atoms with Crippen LogP contribution < -0.4 is 10.1 Å². The van der Waals surface area contributed by atoms with E-state index in [-0.39, 0.29) is 19.1 Å². The van der Waals surface area contributed by atoms with Crippen molar-refractivity contribution in [3.63, 3.8) is 0 Å². The van der Waals surface area contributed by atoms with E-state index in [1.807, 2.05) is 0 Å². The molecule has 1 aromatic carbocycles. The molecule has 7 heteroatoms. The predicted octanol–water partition coefficient (Wildman–Crippen LogP) is 1.71. The average molecular weight is 359 g/mol. The molecule has 0 radical (unpaired) electrons. The van der Waals surface area contributed by atoms with Crippen molar-refractivity contribution in [1.82, 2.24) is 10.2 Å². The Morgan fingerprint density at radius 2 is 2.05 bits per heavy atom. The molecule has 1 aliphatic rings. The van der Waals surface area contributed by atoms with E-state index in [1.165, 1.54) is 18.2 Å². The molecule has 1 heterocycles. The summed E-state index contributed by atoms with van der Waals surface area (Å²) in [5.41, 5.74) is 0. The molecule has 0 atom stereocenters. The molecule has 21 heavy (non-hydrogen) atoms. The van der Waals surface area contributed by atoms with Gasteiger partial charge in [0.05, 0.1) is 11.0 Å². The zero-order chi connectivity index (χ0) is 15.2. The van der Waals surface area contributed by atoms with Crippen LogP contribution in [0.25, 0.3) is 0 Å². The first kappa shape index (κ1) is 15.8. The number of nitrogens with one attached hydrogen (secondary N) is 1. The number of amides is 2. The van der Waals surface area contributed by atoms with Gasteiger partial charge >= 0.3 is 0 Å². The van der Waals surface area contributed by atoms with Gasteiger partial charge < -0.3 is 15.0 Å². The Hall–Kier alpha value is -1.63. The van der Waals surface area contributed by atoms with Gasteiger partial charge in [0.2, 0.25) is 5.91 Å². The monoisotopic (exact) mass is 358 g/mol. The smallest absolute Gasteiger partial charge is 0.258 e. The van der Waals surface area contributed by atoms with Gasteiger partial charge in [0.15, 0.2) is 6.61 Å². The van der Waals surface area contributed by atoms with E-state index < -0.39 is 11.7 Å². The number of hydrogen-bond donors (Lipinski definition) is 1. The minimum atomic E-state index is -0.394. The molecular formula is C14H16BrFN2O3. The van der Waals surface area contributed by atoms with Crippen molar-refractivity contribution in [3.05, 3.63) is 28.5 Å². The van der Waals surface area contributed by atoms with Crippen LogP contribution in [0.2, 0.25) is 0 Å². The van der Waals surface area contributed by atoms with Gasteiger partial charge in [-0.1, -0.05) is 0 Å². The van der Waals surface area contributed by atoms with Gasteiger partial charge in [-0.05, 0) is 47.0 Å². The molecule has 0 bridgehead atoms. The van der Waals surface area contributed by atoms with E-state index >= 15 is 0 Å². The molecule has 1 fully saturated rings. The van der Waals surface area contributed by atoms with Gasteiger partial charge in [0, 0.05) is 13.1 Å². The second-order valence-electron chi connectivity index (χ2n) is 4.73. The molecule has 0 unspecified atom stereocenters. The lowest BCUT2D eigenvalue weighted by Gasteiger charge is -2.15. The number of carbonyl (C=O) groups excluding carboxylic acids is 2. The Bertz CT molecular complexity index is 533. The summed E-state index contributed by atoms with van der Waals surface area (Å²) in [5.74, 6) is -0.491. The molecule has 0 spiro atoms. The van der Waals surface area contributed by atoms with E-state index in [2.05, 4.69) is 21.2 Å². The lowest BCUT2D eigenvalue weighted by molar-refractivity contribution is -0.132. The Labute approximate surface area is 130 Å². The first-order valence-electron chi connectivity index (χ1n) is 6.68. The van der Waals surface area contributed by atoms with Gasteiger partial charge in [-0.25, -0.2) is 4.39 Å². The van der Waals surface area contributed by atoms with Gasteiger partial charge in [0.1, 0.15) is 11.6 Å². The van der Waals surface area contributed by atoms with E-state index in [1.54, 1.807) is 4.90 Å². The van der Waals surface area contributed by atoms with Crippen molar-refractivity contribution in [2.24, 2.45) is 0 Å². The Morgan fingerprint density at radius 3 is 2.71 bits per heavy atom. The van der Waals surface area contributed by atoms with Crippen molar-refractivity contribution < 1.29 is 18.7 Å². The molecule has 1 saturated heterocycles. The summed E-state index contributed by atoms with van der Waals surface area (Å²) in [6, 6.07) is 3.93. The van der Waals surface area contributed by atoms with E-state index in [0.29, 0.717) is 10.2 Å². The van der Waals surface area contributed by atoms with Crippen molar-refractivity contribution in [3.8, 4) is 5.75 Å². The van der Waals surface area contributed by atoms with Gasteiger partial charge in [-0.2, -0.15) is 0 Å². The maximum atomic E-state index is 12.9. The summed E-state index contributed by atoms with van der Waals surface area (Å²) in [6.45, 7) is 1.27. The highest BCUT2D eigenvalue weighted by Crippen LogP contribution is 2.25. The lowest BCUT2D eigenvalue weighted by atomic mass is 10.3. The molecule has 5 nitrogen and oxygen atoms in total. The van der Waals surface area contributed by atoms with Crippen molar-refractivity contribution in [1.29, 1.82) is 0 Å². The minimum absolute atomic E-state index is 0.0211. The SMILES string of the molecule is O=C(COc1ccc(F)cc1Br)NCC(=O)N1CCCC1. The van der Waals surface area contributed by atoms with Gasteiger partial charge in [0.25, 0.3) is 5.91 Å². The molecule has 0 aliphatic carbocycles. The highest BCUT2D eigenvalue weighted by Gasteiger charge is 2.18. The summed E-state index contributed by atoms with van der Waals surface area (Å²) in [6.07, 6.45) is 2.03. The summed E-state index contributed by atoms with van der Waals surface area (Å²) in [7, 11) is 0. The molecular weight excluding hydrogens is 343 g/mol. The largest absolute Gasteiger partial charge is 0.483 e. The van der Waals surface area contributed by atoms with Crippen LogP contribution in [0.4, 0.5) is 4.39 Å². The quantitative estimate of drug-likeness (QED) is 0.871. The maximum absolute atomic E-state index is 12.9. The highest BCUT2D eigenvalue weighted by atomic mass is 79.9. The molecule has 114 valence electrons. The Morgan fingerprint density at radius 1 is 1.33 bits per heavy atom. The van der Waals surface area contributed by atoms with Crippen LogP contribution in [-0.4, -0.2) is 43.0 Å². The van der Waals surface area contributed by atoms with Gasteiger partial charge in [-0.15, -0.1) is 0 Å². The second kappa shape index (κ2) is 7.40. The standard InChI is InChI=1S/C14H16BrFN2O3/c15-11-7-10(16)3-4-12(11)21-9-13(19)17-8-14(20)18-5-1-2-6-18/h3-4,7H,1-2,5-6,8-9H2,(H,17,19). The third kappa shape index (κ3) is 4.70. The van der Waals surface area contributed by atoms with Crippen LogP contribution in [0.3, 0.4) is 0 Å². The summed E-state index contributed by atoms with van der Waals surface area (Å²) in [5, 5.41) is 2.52. The molecule has 2 amide bonds. The van der Waals surface area contributed by atoms with E-state index in [9.17, 15) is 14.0 Å². The normalized spacial score (nSPS) is 14.1. The molecule has 2 rings (SSSR count). The topological polar surface area (TPSA) is 58.6 Å². The van der Waals surface area contributed by atoms with E-state index in [4.69, 9.17) is 4.74 Å². The number of benzene rings is 1. The minimum Gasteiger partial charge on any atom is -0.483 e. The van der Waals surface area contributed by atoms with Gasteiger partial charge in [-0.3, -0.25) is 9.59 Å². The molecule has 0 saturated carbocycles. The van der Waals surface area contributed by atoms with Crippen molar-refractivity contribution in [2.45, 2.75) is 12.8 Å². The number of rotatable bonds is 5. The maximum Gasteiger partial charge on any atom is 0.258 e. The fourth-order valence-corrected chi connectivity index (χ4v) is 2.50. The van der Waals surface area contributed by atoms with Crippen LogP contribution in [0.5, 0.6) is 5.75 Å². The zero-order valence-electron chi connectivity index (χ0n) is 11.4.